The summed E-state index contributed by atoms with van der Waals surface area (Å²) in [5.74, 6) is 0. The van der Waals surface area contributed by atoms with Crippen molar-refractivity contribution in [2.45, 2.75) is 58.2 Å². The first kappa shape index (κ1) is 13.3. The number of likely N-dealkylation sites (tertiary alicyclic amines) is 1. The highest BCUT2D eigenvalue weighted by Crippen LogP contribution is 2.22. The lowest BCUT2D eigenvalue weighted by Crippen LogP contribution is -2.48. The van der Waals surface area contributed by atoms with Crippen molar-refractivity contribution < 1.29 is 9.53 Å². The van der Waals surface area contributed by atoms with Gasteiger partial charge in [-0.3, -0.25) is 0 Å². The molecule has 0 spiro atoms. The van der Waals surface area contributed by atoms with Crippen molar-refractivity contribution in [3.8, 4) is 0 Å². The summed E-state index contributed by atoms with van der Waals surface area (Å²) in [6, 6.07) is 0.579. The molecule has 1 rings (SSSR count). The van der Waals surface area contributed by atoms with Crippen LogP contribution in [0.3, 0.4) is 0 Å². The van der Waals surface area contributed by atoms with E-state index in [4.69, 9.17) is 4.74 Å². The minimum Gasteiger partial charge on any atom is -0.444 e. The molecule has 0 aromatic carbocycles. The molecular weight excluding hydrogens is 204 g/mol. The van der Waals surface area contributed by atoms with Gasteiger partial charge in [-0.1, -0.05) is 0 Å². The van der Waals surface area contributed by atoms with Gasteiger partial charge in [0.25, 0.3) is 0 Å². The first-order valence-corrected chi connectivity index (χ1v) is 6.02. The van der Waals surface area contributed by atoms with E-state index in [1.807, 2.05) is 32.7 Å². The molecule has 1 saturated heterocycles. The Morgan fingerprint density at radius 1 is 1.50 bits per heavy atom. The van der Waals surface area contributed by atoms with E-state index in [1.165, 1.54) is 0 Å². The van der Waals surface area contributed by atoms with Crippen LogP contribution in [-0.4, -0.2) is 42.3 Å². The third-order valence-electron chi connectivity index (χ3n) is 2.96. The van der Waals surface area contributed by atoms with E-state index in [0.29, 0.717) is 6.04 Å². The van der Waals surface area contributed by atoms with Crippen LogP contribution in [0.4, 0.5) is 4.79 Å². The summed E-state index contributed by atoms with van der Waals surface area (Å²) in [6.45, 7) is 8.62. The molecule has 1 aliphatic rings. The van der Waals surface area contributed by atoms with Crippen molar-refractivity contribution in [1.82, 2.24) is 10.2 Å². The van der Waals surface area contributed by atoms with Crippen LogP contribution in [0.2, 0.25) is 0 Å². The number of rotatable bonds is 2. The van der Waals surface area contributed by atoms with E-state index in [1.54, 1.807) is 0 Å². The lowest BCUT2D eigenvalue weighted by molar-refractivity contribution is 0.0203. The third kappa shape index (κ3) is 3.37. The van der Waals surface area contributed by atoms with Gasteiger partial charge in [0.2, 0.25) is 0 Å². The number of carbonyl (C=O) groups is 1. The molecule has 0 aliphatic carbocycles. The zero-order valence-electron chi connectivity index (χ0n) is 11.0. The number of hydrogen-bond acceptors (Lipinski definition) is 3. The van der Waals surface area contributed by atoms with Crippen molar-refractivity contribution in [3.63, 3.8) is 0 Å². The molecule has 1 heterocycles. The normalized spacial score (nSPS) is 23.3. The molecule has 0 aromatic rings. The molecule has 4 nitrogen and oxygen atoms in total. The van der Waals surface area contributed by atoms with Crippen LogP contribution < -0.4 is 5.32 Å². The monoisotopic (exact) mass is 228 g/mol. The molecule has 1 fully saturated rings. The second-order valence-corrected chi connectivity index (χ2v) is 5.46. The summed E-state index contributed by atoms with van der Waals surface area (Å²) < 4.78 is 5.41. The van der Waals surface area contributed by atoms with Crippen LogP contribution in [0, 0.1) is 0 Å². The van der Waals surface area contributed by atoms with Crippen molar-refractivity contribution in [3.05, 3.63) is 0 Å². The van der Waals surface area contributed by atoms with Crippen LogP contribution in [-0.2, 0) is 4.74 Å². The van der Waals surface area contributed by atoms with Crippen LogP contribution >= 0.6 is 0 Å². The maximum absolute atomic E-state index is 12.0. The van der Waals surface area contributed by atoms with Gasteiger partial charge in [0.05, 0.1) is 6.04 Å². The van der Waals surface area contributed by atoms with Crippen molar-refractivity contribution >= 4 is 6.09 Å². The zero-order chi connectivity index (χ0) is 12.3. The Labute approximate surface area is 98.3 Å². The molecule has 4 heteroatoms. The Kier molecular flexibility index (Phi) is 4.19. The quantitative estimate of drug-likeness (QED) is 0.786. The molecule has 0 unspecified atom stereocenters. The summed E-state index contributed by atoms with van der Waals surface area (Å²) in [7, 11) is 1.93. The number of carbonyl (C=O) groups excluding carboxylic acids is 1. The SMILES string of the molecule is CN[C@@H](C)[C@@H]1CCCN1C(=O)OC(C)(C)C. The minimum absolute atomic E-state index is 0.183. The van der Waals surface area contributed by atoms with Crippen LogP contribution in [0.5, 0.6) is 0 Å². The second kappa shape index (κ2) is 5.04. The number of nitrogens with one attached hydrogen (secondary N) is 1. The van der Waals surface area contributed by atoms with Gasteiger partial charge >= 0.3 is 6.09 Å². The first-order valence-electron chi connectivity index (χ1n) is 6.02. The minimum atomic E-state index is -0.410. The van der Waals surface area contributed by atoms with Gasteiger partial charge in [-0.15, -0.1) is 0 Å². The summed E-state index contributed by atoms with van der Waals surface area (Å²) >= 11 is 0. The molecule has 0 saturated carbocycles. The lowest BCUT2D eigenvalue weighted by atomic mass is 10.1. The molecule has 94 valence electrons. The summed E-state index contributed by atoms with van der Waals surface area (Å²) in [6.07, 6.45) is 1.94. The third-order valence-corrected chi connectivity index (χ3v) is 2.96. The fourth-order valence-corrected chi connectivity index (χ4v) is 2.05. The van der Waals surface area contributed by atoms with Crippen molar-refractivity contribution in [2.24, 2.45) is 0 Å². The van der Waals surface area contributed by atoms with E-state index in [9.17, 15) is 4.79 Å². The standard InChI is InChI=1S/C12H24N2O2/c1-9(13-5)10-7-6-8-14(10)11(15)16-12(2,3)4/h9-10,13H,6-8H2,1-5H3/t9-,10-/m0/s1. The van der Waals surface area contributed by atoms with Crippen molar-refractivity contribution in [2.75, 3.05) is 13.6 Å². The van der Waals surface area contributed by atoms with Gasteiger partial charge in [0, 0.05) is 12.6 Å². The maximum atomic E-state index is 12.0. The molecule has 16 heavy (non-hydrogen) atoms. The summed E-state index contributed by atoms with van der Waals surface area (Å²) in [5, 5.41) is 3.21. The summed E-state index contributed by atoms with van der Waals surface area (Å²) in [4.78, 5) is 13.8. The average Bonchev–Trinajstić information content (AvgIpc) is 2.62. The van der Waals surface area contributed by atoms with E-state index >= 15 is 0 Å². The van der Waals surface area contributed by atoms with E-state index in [0.717, 1.165) is 19.4 Å². The number of hydrogen-bond donors (Lipinski definition) is 1. The number of amides is 1. The predicted molar refractivity (Wildman–Crippen MR) is 64.5 cm³/mol. The molecule has 1 N–H and O–H groups in total. The topological polar surface area (TPSA) is 41.6 Å². The second-order valence-electron chi connectivity index (χ2n) is 5.46. The van der Waals surface area contributed by atoms with E-state index < -0.39 is 5.60 Å². The van der Waals surface area contributed by atoms with Crippen molar-refractivity contribution in [1.29, 1.82) is 0 Å². The smallest absolute Gasteiger partial charge is 0.410 e. The Balaban J connectivity index is 2.61. The highest BCUT2D eigenvalue weighted by atomic mass is 16.6. The zero-order valence-corrected chi connectivity index (χ0v) is 11.0. The van der Waals surface area contributed by atoms with Crippen LogP contribution in [0.25, 0.3) is 0 Å². The maximum Gasteiger partial charge on any atom is 0.410 e. The Morgan fingerprint density at radius 2 is 2.12 bits per heavy atom. The molecule has 1 aliphatic heterocycles. The molecule has 1 amide bonds. The van der Waals surface area contributed by atoms with Gasteiger partial charge in [-0.25, -0.2) is 4.79 Å². The number of nitrogens with zero attached hydrogens (tertiary/aromatic N) is 1. The first-order chi connectivity index (χ1) is 7.35. The highest BCUT2D eigenvalue weighted by Gasteiger charge is 2.34. The Hall–Kier alpha value is -0.770. The van der Waals surface area contributed by atoms with Crippen LogP contribution in [0.1, 0.15) is 40.5 Å². The molecule has 0 bridgehead atoms. The molecule has 2 atom stereocenters. The Bertz CT molecular complexity index is 248. The molecular formula is C12H24N2O2. The van der Waals surface area contributed by atoms with Gasteiger partial charge in [0.1, 0.15) is 5.60 Å². The Morgan fingerprint density at radius 3 is 2.62 bits per heavy atom. The fraction of sp³-hybridized carbons (Fsp3) is 0.917. The predicted octanol–water partition coefficient (Wildman–Crippen LogP) is 1.99. The van der Waals surface area contributed by atoms with E-state index in [-0.39, 0.29) is 12.1 Å². The number of ether oxygens (including phenoxy) is 1. The molecule has 0 aromatic heterocycles. The fourth-order valence-electron chi connectivity index (χ4n) is 2.05. The largest absolute Gasteiger partial charge is 0.444 e. The lowest BCUT2D eigenvalue weighted by Gasteiger charge is -2.31. The van der Waals surface area contributed by atoms with Gasteiger partial charge in [-0.2, -0.15) is 0 Å². The molecule has 0 radical (unpaired) electrons. The van der Waals surface area contributed by atoms with Gasteiger partial charge < -0.3 is 15.0 Å². The van der Waals surface area contributed by atoms with Gasteiger partial charge in [0.15, 0.2) is 0 Å². The average molecular weight is 228 g/mol. The van der Waals surface area contributed by atoms with E-state index in [2.05, 4.69) is 12.2 Å². The van der Waals surface area contributed by atoms with Gasteiger partial charge in [-0.05, 0) is 47.6 Å². The number of likely N-dealkylation sites (N-methyl/N-ethyl adjacent to an activating group) is 1. The van der Waals surface area contributed by atoms with Crippen LogP contribution in [0.15, 0.2) is 0 Å². The highest BCUT2D eigenvalue weighted by molar-refractivity contribution is 5.69. The summed E-state index contributed by atoms with van der Waals surface area (Å²) in [5.41, 5.74) is -0.410.